The highest BCUT2D eigenvalue weighted by atomic mass is 32.5. The molecule has 0 spiro atoms. The molecule has 1 aromatic carbocycles. The van der Waals surface area contributed by atoms with Gasteiger partial charge in [-0.05, 0) is 37.1 Å². The molecule has 0 aliphatic carbocycles. The highest BCUT2D eigenvalue weighted by molar-refractivity contribution is 8.45. The van der Waals surface area contributed by atoms with Crippen molar-refractivity contribution in [1.29, 1.82) is 0 Å². The fourth-order valence-corrected chi connectivity index (χ4v) is 3.89. The summed E-state index contributed by atoms with van der Waals surface area (Å²) in [5.41, 5.74) is -2.92. The molecule has 0 saturated heterocycles. The average Bonchev–Trinajstić information content (AvgIpc) is 2.74. The van der Waals surface area contributed by atoms with Crippen LogP contribution in [-0.4, -0.2) is 48.5 Å². The molecule has 0 bridgehead atoms. The number of rotatable bonds is 10. The van der Waals surface area contributed by atoms with Gasteiger partial charge in [-0.3, -0.25) is 0 Å². The molecule has 19 heteroatoms. The van der Waals surface area contributed by atoms with Gasteiger partial charge in [0.15, 0.2) is 0 Å². The van der Waals surface area contributed by atoms with E-state index in [-0.39, 0.29) is 24.6 Å². The van der Waals surface area contributed by atoms with E-state index in [1.807, 2.05) is 0 Å². The van der Waals surface area contributed by atoms with E-state index in [4.69, 9.17) is 9.47 Å². The maximum Gasteiger partial charge on any atom is 0.511 e. The minimum absolute atomic E-state index is 0.0168. The molecule has 0 aromatic heterocycles. The van der Waals surface area contributed by atoms with Crippen molar-refractivity contribution in [2.45, 2.75) is 63.2 Å². The molecule has 1 heterocycles. The fraction of sp³-hybridized carbons (Fsp3) is 0.500. The van der Waals surface area contributed by atoms with Crippen LogP contribution in [0.3, 0.4) is 0 Å². The monoisotopic (exact) mass is 603 g/mol. The summed E-state index contributed by atoms with van der Waals surface area (Å²) in [6.07, 6.45) is -13.1. The average molecular weight is 603 g/mol. The van der Waals surface area contributed by atoms with Gasteiger partial charge in [0.1, 0.15) is 16.7 Å². The summed E-state index contributed by atoms with van der Waals surface area (Å²) < 4.78 is 127. The van der Waals surface area contributed by atoms with Gasteiger partial charge in [-0.15, -0.1) is 10.1 Å². The van der Waals surface area contributed by atoms with Gasteiger partial charge in [-0.1, -0.05) is 26.4 Å². The van der Waals surface area contributed by atoms with Gasteiger partial charge in [0, 0.05) is 18.9 Å². The maximum atomic E-state index is 13.7. The molecule has 2 rings (SSSR count). The third-order valence-electron chi connectivity index (χ3n) is 4.91. The van der Waals surface area contributed by atoms with E-state index < -0.39 is 92.5 Å². The Morgan fingerprint density at radius 2 is 1.72 bits per heavy atom. The van der Waals surface area contributed by atoms with Crippen LogP contribution in [0.15, 0.2) is 22.6 Å². The fourth-order valence-electron chi connectivity index (χ4n) is 3.18. The van der Waals surface area contributed by atoms with E-state index in [2.05, 4.69) is 14.3 Å². The number of carbonyl (C=O) groups excluding carboxylic acids is 2. The van der Waals surface area contributed by atoms with E-state index in [0.717, 1.165) is 6.92 Å². The van der Waals surface area contributed by atoms with Crippen LogP contribution in [0.2, 0.25) is 0 Å². The number of benzene rings is 1. The van der Waals surface area contributed by atoms with Crippen molar-refractivity contribution >= 4 is 28.4 Å². The van der Waals surface area contributed by atoms with Gasteiger partial charge in [-0.2, -0.15) is 13.2 Å². The first-order valence-electron chi connectivity index (χ1n) is 10.7. The first kappa shape index (κ1) is 31.7. The lowest BCUT2D eigenvalue weighted by Crippen LogP contribution is -2.41. The summed E-state index contributed by atoms with van der Waals surface area (Å²) >= 11 is 0. The van der Waals surface area contributed by atoms with Gasteiger partial charge in [0.05, 0.1) is 12.2 Å². The number of carbonyl (C=O) groups is 2. The second-order valence-electron chi connectivity index (χ2n) is 8.08. The minimum atomic E-state index is -10.3. The molecule has 1 aliphatic rings. The number of alkyl halides is 3. The van der Waals surface area contributed by atoms with E-state index in [1.54, 1.807) is 0 Å². The van der Waals surface area contributed by atoms with Crippen molar-refractivity contribution in [1.82, 2.24) is 0 Å². The maximum absolute atomic E-state index is 13.7. The van der Waals surface area contributed by atoms with Crippen LogP contribution >= 0.6 is 10.2 Å². The standard InChI is InChI=1S/C20H21F8NO9S/c1-4-12-7-14(39(24,25,26,27)28)8-13-9-15(17(20(21,22)23)38-16(12)13)18(30)36-11(3)37-19(31)35-10(2)5-6-34-29(32)33/h7-11,17H,4-6H2,1-3H3/t10-,11?,17?/m0/s1. The summed E-state index contributed by atoms with van der Waals surface area (Å²) in [6, 6.07) is -0.158. The third-order valence-corrected chi connectivity index (χ3v) is 6.04. The Labute approximate surface area is 214 Å². The van der Waals surface area contributed by atoms with Gasteiger partial charge in [-0.25, -0.2) is 9.59 Å². The number of nitrogens with zero attached hydrogens (tertiary/aromatic N) is 1. The normalized spacial score (nSPS) is 18.6. The predicted octanol–water partition coefficient (Wildman–Crippen LogP) is 6.64. The van der Waals surface area contributed by atoms with Crippen molar-refractivity contribution in [3.05, 3.63) is 38.9 Å². The van der Waals surface area contributed by atoms with Crippen molar-refractivity contribution in [3.8, 4) is 5.75 Å². The lowest BCUT2D eigenvalue weighted by molar-refractivity contribution is -0.758. The molecule has 222 valence electrons. The quantitative estimate of drug-likeness (QED) is 0.0952. The molecular formula is C20H21F8NO9S. The van der Waals surface area contributed by atoms with Crippen LogP contribution in [0, 0.1) is 10.1 Å². The summed E-state index contributed by atoms with van der Waals surface area (Å²) in [7, 11) is -10.3. The van der Waals surface area contributed by atoms with E-state index >= 15 is 0 Å². The van der Waals surface area contributed by atoms with Crippen LogP contribution in [0.4, 0.5) is 37.4 Å². The minimum Gasteiger partial charge on any atom is -0.475 e. The topological polar surface area (TPSA) is 123 Å². The van der Waals surface area contributed by atoms with Gasteiger partial charge >= 0.3 is 28.5 Å². The summed E-state index contributed by atoms with van der Waals surface area (Å²) in [5.74, 6) is -2.64. The number of fused-ring (bicyclic) bond motifs is 1. The molecule has 10 nitrogen and oxygen atoms in total. The number of ether oxygens (including phenoxy) is 4. The zero-order valence-corrected chi connectivity index (χ0v) is 21.0. The highest BCUT2D eigenvalue weighted by Crippen LogP contribution is 3.02. The molecule has 0 fully saturated rings. The largest absolute Gasteiger partial charge is 0.511 e. The van der Waals surface area contributed by atoms with E-state index in [1.165, 1.54) is 13.8 Å². The second-order valence-corrected chi connectivity index (χ2v) is 10.5. The van der Waals surface area contributed by atoms with E-state index in [9.17, 15) is 52.3 Å². The van der Waals surface area contributed by atoms with Crippen LogP contribution in [0.1, 0.15) is 38.3 Å². The van der Waals surface area contributed by atoms with Gasteiger partial charge in [0.2, 0.25) is 12.4 Å². The molecule has 0 saturated carbocycles. The summed E-state index contributed by atoms with van der Waals surface area (Å²) in [6.45, 7) is 2.90. The first-order chi connectivity index (χ1) is 17.5. The molecule has 0 radical (unpaired) electrons. The van der Waals surface area contributed by atoms with Crippen LogP contribution < -0.4 is 4.74 Å². The molecule has 2 unspecified atom stereocenters. The Morgan fingerprint density at radius 1 is 1.10 bits per heavy atom. The Bertz CT molecular complexity index is 1170. The Balaban J connectivity index is 2.30. The SMILES string of the molecule is CCc1cc(S(F)(F)(F)(F)F)cc2c1OC(C(F)(F)F)C(C(=O)OC(C)OC(=O)O[C@@H](C)CCO[N+](=O)[O-])=C2. The number of aryl methyl sites for hydroxylation is 1. The Kier molecular flexibility index (Phi) is 8.32. The van der Waals surface area contributed by atoms with Crippen LogP contribution in [0.5, 0.6) is 5.75 Å². The molecule has 1 aliphatic heterocycles. The number of hydrogen-bond donors (Lipinski definition) is 0. The van der Waals surface area contributed by atoms with Crippen LogP contribution in [-0.2, 0) is 30.3 Å². The number of esters is 1. The second kappa shape index (κ2) is 10.2. The molecule has 0 amide bonds. The zero-order chi connectivity index (χ0) is 30.0. The van der Waals surface area contributed by atoms with Crippen molar-refractivity contribution in [3.63, 3.8) is 0 Å². The lowest BCUT2D eigenvalue weighted by Gasteiger charge is -2.41. The lowest BCUT2D eigenvalue weighted by atomic mass is 9.98. The number of halogens is 8. The summed E-state index contributed by atoms with van der Waals surface area (Å²) in [4.78, 5) is 36.0. The van der Waals surface area contributed by atoms with Gasteiger partial charge in [0.25, 0.3) is 5.09 Å². The Morgan fingerprint density at radius 3 is 2.23 bits per heavy atom. The first-order valence-corrected chi connectivity index (χ1v) is 12.7. The summed E-state index contributed by atoms with van der Waals surface area (Å²) in [5, 5.41) is 9.00. The Hall–Kier alpha value is -3.51. The van der Waals surface area contributed by atoms with Crippen molar-refractivity contribution < 1.29 is 71.1 Å². The van der Waals surface area contributed by atoms with Gasteiger partial charge < -0.3 is 23.8 Å². The molecule has 3 atom stereocenters. The molecule has 39 heavy (non-hydrogen) atoms. The smallest absolute Gasteiger partial charge is 0.475 e. The van der Waals surface area contributed by atoms with Crippen molar-refractivity contribution in [2.24, 2.45) is 0 Å². The van der Waals surface area contributed by atoms with Crippen LogP contribution in [0.25, 0.3) is 6.08 Å². The molecule has 0 N–H and O–H groups in total. The molecular weight excluding hydrogens is 582 g/mol. The zero-order valence-electron chi connectivity index (χ0n) is 20.1. The number of hydrogen-bond acceptors (Lipinski definition) is 9. The predicted molar refractivity (Wildman–Crippen MR) is 116 cm³/mol. The van der Waals surface area contributed by atoms with E-state index in [0.29, 0.717) is 0 Å². The van der Waals surface area contributed by atoms with Crippen molar-refractivity contribution in [2.75, 3.05) is 6.61 Å². The highest BCUT2D eigenvalue weighted by Gasteiger charge is 2.66. The third kappa shape index (κ3) is 8.75. The molecule has 1 aromatic rings.